The molecule has 46 heavy (non-hydrogen) atoms. The van der Waals surface area contributed by atoms with Gasteiger partial charge in [0.05, 0.1) is 12.9 Å². The fourth-order valence-electron chi connectivity index (χ4n) is 4.90. The number of hydrogen-bond donors (Lipinski definition) is 3. The Morgan fingerprint density at radius 2 is 2.02 bits per heavy atom. The molecule has 5 rings (SSSR count). The number of ether oxygens (including phenoxy) is 3. The van der Waals surface area contributed by atoms with Gasteiger partial charge in [0.25, 0.3) is 0 Å². The Kier molecular flexibility index (Phi) is 9.73. The first-order valence-electron chi connectivity index (χ1n) is 14.5. The van der Waals surface area contributed by atoms with Gasteiger partial charge in [0.2, 0.25) is 11.7 Å². The summed E-state index contributed by atoms with van der Waals surface area (Å²) in [6.45, 7) is 8.67. The van der Waals surface area contributed by atoms with Crippen LogP contribution in [0.1, 0.15) is 40.8 Å². The maximum atomic E-state index is 13.0. The molecule has 1 aliphatic rings. The number of aromatic nitrogens is 4. The first-order valence-corrected chi connectivity index (χ1v) is 16.8. The number of nitrogens with two attached hydrogens (primary N) is 1. The number of carbonyl (C=O) groups is 1. The monoisotopic (exact) mass is 672 g/mol. The topological polar surface area (TPSA) is 199 Å². The minimum Gasteiger partial charge on any atom is -0.575 e. The van der Waals surface area contributed by atoms with E-state index in [2.05, 4.69) is 19.7 Å². The van der Waals surface area contributed by atoms with Crippen LogP contribution in [0.5, 0.6) is 11.5 Å². The van der Waals surface area contributed by atoms with Crippen LogP contribution in [-0.4, -0.2) is 79.0 Å². The van der Waals surface area contributed by atoms with Gasteiger partial charge in [-0.1, -0.05) is 55.8 Å². The molecule has 0 radical (unpaired) electrons. The normalized spacial score (nSPS) is 22.7. The van der Waals surface area contributed by atoms with Gasteiger partial charge in [-0.15, -0.1) is 11.8 Å². The first-order chi connectivity index (χ1) is 21.7. The lowest BCUT2D eigenvalue weighted by Gasteiger charge is -2.27. The molecule has 4 N–H and O–H groups in total. The second-order valence-electron chi connectivity index (χ2n) is 12.3. The number of rotatable bonds is 10. The number of fused-ring (bicyclic) bond motifs is 2. The molecule has 0 aliphatic carbocycles. The number of aliphatic hydroxyl groups excluding tert-OH is 1. The molecule has 2 aromatic heterocycles. The van der Waals surface area contributed by atoms with Gasteiger partial charge in [0, 0.05) is 5.39 Å². The van der Waals surface area contributed by atoms with E-state index in [1.54, 1.807) is 24.3 Å². The predicted octanol–water partition coefficient (Wildman–Crippen LogP) is 3.58. The van der Waals surface area contributed by atoms with E-state index in [1.807, 2.05) is 39.2 Å². The zero-order valence-corrected chi connectivity index (χ0v) is 28.0. The van der Waals surface area contributed by atoms with E-state index in [4.69, 9.17) is 24.5 Å². The Hall–Kier alpha value is -3.59. The van der Waals surface area contributed by atoms with Gasteiger partial charge in [-0.2, -0.15) is 4.98 Å². The largest absolute Gasteiger partial charge is 0.575 e. The Morgan fingerprint density at radius 3 is 2.74 bits per heavy atom. The van der Waals surface area contributed by atoms with Crippen molar-refractivity contribution in [2.75, 3.05) is 25.2 Å². The van der Waals surface area contributed by atoms with Gasteiger partial charge >= 0.3 is 14.1 Å². The molecule has 0 spiro atoms. The smallest absolute Gasteiger partial charge is 0.395 e. The van der Waals surface area contributed by atoms with Crippen molar-refractivity contribution in [1.29, 1.82) is 0 Å². The lowest BCUT2D eigenvalue weighted by Crippen LogP contribution is -2.44. The molecular weight excluding hydrogens is 635 g/mol. The summed E-state index contributed by atoms with van der Waals surface area (Å²) in [4.78, 5) is 38.3. The van der Waals surface area contributed by atoms with E-state index >= 15 is 0 Å². The van der Waals surface area contributed by atoms with Crippen molar-refractivity contribution in [3.63, 3.8) is 0 Å². The third-order valence-electron chi connectivity index (χ3n) is 7.28. The van der Waals surface area contributed by atoms with Gasteiger partial charge in [-0.05, 0) is 37.0 Å². The average molecular weight is 673 g/mol. The molecule has 4 aromatic rings. The number of nitrogens with zero attached hydrogens (tertiary/aromatic N) is 5. The molecule has 14 nitrogen and oxygen atoms in total. The third-order valence-corrected chi connectivity index (χ3v) is 8.82. The van der Waals surface area contributed by atoms with Crippen LogP contribution in [0, 0.1) is 5.41 Å². The zero-order valence-electron chi connectivity index (χ0n) is 26.3. The SMILES string of the molecule is CSc1nc(N)nc2c1ncn2C1O[C@H](COc2ccc3ccccc3c2O[P+]([O-])=N[C@@H](C)C(=O)OCC(C)(C)C)[C@@H](O)[C@@]1(C)O. The predicted molar refractivity (Wildman–Crippen MR) is 171 cm³/mol. The van der Waals surface area contributed by atoms with Gasteiger partial charge in [-0.25, -0.2) is 14.8 Å². The number of imidazole rings is 1. The molecule has 0 saturated carbocycles. The van der Waals surface area contributed by atoms with Crippen LogP contribution in [0.3, 0.4) is 0 Å². The highest BCUT2D eigenvalue weighted by molar-refractivity contribution is 7.98. The van der Waals surface area contributed by atoms with Crippen molar-refractivity contribution in [2.24, 2.45) is 10.2 Å². The van der Waals surface area contributed by atoms with E-state index in [1.165, 1.54) is 36.5 Å². The molecular formula is C30H37N6O8PS. The molecule has 2 unspecified atom stereocenters. The van der Waals surface area contributed by atoms with Crippen molar-refractivity contribution in [3.8, 4) is 11.5 Å². The number of hydrogen-bond acceptors (Lipinski definition) is 14. The van der Waals surface area contributed by atoms with E-state index in [-0.39, 0.29) is 36.1 Å². The van der Waals surface area contributed by atoms with Crippen molar-refractivity contribution in [3.05, 3.63) is 42.7 Å². The lowest BCUT2D eigenvalue weighted by molar-refractivity contribution is -0.169. The van der Waals surface area contributed by atoms with Crippen molar-refractivity contribution in [2.45, 2.75) is 69.7 Å². The summed E-state index contributed by atoms with van der Waals surface area (Å²) in [5.74, 6) is -0.264. The van der Waals surface area contributed by atoms with Crippen molar-refractivity contribution in [1.82, 2.24) is 19.5 Å². The Bertz CT molecular complexity index is 1780. The summed E-state index contributed by atoms with van der Waals surface area (Å²) in [6.07, 6.45) is -0.206. The maximum absolute atomic E-state index is 13.0. The summed E-state index contributed by atoms with van der Waals surface area (Å²) < 4.78 is 28.8. The van der Waals surface area contributed by atoms with E-state index < -0.39 is 44.2 Å². The average Bonchev–Trinajstić information content (AvgIpc) is 3.51. The minimum absolute atomic E-state index is 0.0294. The van der Waals surface area contributed by atoms with Crippen LogP contribution in [0.2, 0.25) is 0 Å². The Balaban J connectivity index is 1.37. The number of esters is 1. The van der Waals surface area contributed by atoms with Gasteiger partial charge in [0.1, 0.15) is 35.0 Å². The number of aliphatic hydroxyl groups is 2. The lowest BCUT2D eigenvalue weighted by atomic mass is 9.96. The molecule has 0 amide bonds. The van der Waals surface area contributed by atoms with Crippen molar-refractivity contribution >= 4 is 53.8 Å². The van der Waals surface area contributed by atoms with E-state index in [0.717, 1.165) is 5.39 Å². The molecule has 1 saturated heterocycles. The molecule has 6 atom stereocenters. The summed E-state index contributed by atoms with van der Waals surface area (Å²) in [5.41, 5.74) is 4.71. The van der Waals surface area contributed by atoms with Gasteiger partial charge < -0.3 is 35.1 Å². The summed E-state index contributed by atoms with van der Waals surface area (Å²) in [6, 6.07) is 9.65. The standard InChI is InChI=1S/C30H37N6O8PS/c1-16(26(38)42-14-29(2,3)4)35-45(40)44-22-18-10-8-7-9-17(18)11-12-19(22)41-13-20-23(37)30(5,39)27(43-20)36-15-32-21-24(36)33-28(31)34-25(21)46-6/h7-12,15-16,20,23,27,37,39H,13-14H2,1-6H3,(H2,31,33,34)/t16-,20+,23+,27?,30+/m0/s1. The van der Waals surface area contributed by atoms with E-state index in [9.17, 15) is 19.9 Å². The number of nitrogen functional groups attached to an aromatic ring is 1. The fourth-order valence-corrected chi connectivity index (χ4v) is 6.19. The van der Waals surface area contributed by atoms with Crippen LogP contribution in [0.15, 0.2) is 52.5 Å². The van der Waals surface area contributed by atoms with Crippen LogP contribution in [0.4, 0.5) is 5.95 Å². The summed E-state index contributed by atoms with van der Waals surface area (Å²) >= 11 is 1.35. The number of carbonyl (C=O) groups excluding carboxylic acids is 1. The molecule has 0 bridgehead atoms. The minimum atomic E-state index is -2.72. The van der Waals surface area contributed by atoms with Gasteiger partial charge in [0.15, 0.2) is 23.7 Å². The second-order valence-corrected chi connectivity index (χ2v) is 14.0. The second kappa shape index (κ2) is 13.3. The summed E-state index contributed by atoms with van der Waals surface area (Å²) in [7, 11) is -2.72. The van der Waals surface area contributed by atoms with Crippen LogP contribution >= 0.6 is 19.9 Å². The zero-order chi connectivity index (χ0) is 33.4. The van der Waals surface area contributed by atoms with Crippen molar-refractivity contribution < 1.29 is 38.6 Å². The third kappa shape index (κ3) is 7.04. The first kappa shape index (κ1) is 33.8. The van der Waals surface area contributed by atoms with Crippen LogP contribution in [-0.2, 0) is 14.3 Å². The number of benzene rings is 2. The molecule has 3 heterocycles. The molecule has 1 fully saturated rings. The Morgan fingerprint density at radius 1 is 1.28 bits per heavy atom. The Labute approximate surface area is 270 Å². The maximum Gasteiger partial charge on any atom is 0.395 e. The molecule has 246 valence electrons. The van der Waals surface area contributed by atoms with E-state index in [0.29, 0.717) is 21.6 Å². The quantitative estimate of drug-likeness (QED) is 0.0957. The highest BCUT2D eigenvalue weighted by atomic mass is 32.2. The molecule has 16 heteroatoms. The highest BCUT2D eigenvalue weighted by Crippen LogP contribution is 2.43. The molecule has 1 aliphatic heterocycles. The number of anilines is 1. The van der Waals surface area contributed by atoms with Gasteiger partial charge in [-0.3, -0.25) is 9.09 Å². The fraction of sp³-hybridized carbons (Fsp3) is 0.467. The molecule has 2 aromatic carbocycles. The summed E-state index contributed by atoms with van der Waals surface area (Å²) in [5, 5.41) is 24.4. The number of thioether (sulfide) groups is 1. The van der Waals surface area contributed by atoms with Crippen LogP contribution < -0.4 is 19.9 Å². The highest BCUT2D eigenvalue weighted by Gasteiger charge is 2.54. The van der Waals surface area contributed by atoms with Crippen LogP contribution in [0.25, 0.3) is 21.9 Å².